The van der Waals surface area contributed by atoms with Crippen molar-refractivity contribution < 1.29 is 79.4 Å². The average molecular weight is 755 g/mol. The van der Waals surface area contributed by atoms with Gasteiger partial charge in [-0.25, -0.2) is 0 Å². The molecule has 0 heterocycles. The standard InChI is InChI=1S/C32H31F17O/c1-21(22-13-9-8-10-14-22)23-15-17-24(18-16-23)50-20-12-7-5-3-2-4-6-11-19-25(33,34)26(35,36)27(37,38)28(39,40)29(41,42)30(43,44)31(45,46)32(47,48)49/h8-10,13-18H,1-7,11-12,19-20H2. The van der Waals surface area contributed by atoms with Crippen LogP contribution in [-0.2, 0) is 0 Å². The Morgan fingerprint density at radius 3 is 1.28 bits per heavy atom. The summed E-state index contributed by atoms with van der Waals surface area (Å²) in [4.78, 5) is 0. The molecule has 0 amide bonds. The molecule has 0 spiro atoms. The third kappa shape index (κ3) is 8.45. The molecule has 0 saturated carbocycles. The number of halogens is 17. The smallest absolute Gasteiger partial charge is 0.460 e. The van der Waals surface area contributed by atoms with Gasteiger partial charge in [0.2, 0.25) is 0 Å². The lowest BCUT2D eigenvalue weighted by Crippen LogP contribution is -2.74. The molecule has 0 aromatic heterocycles. The molecule has 0 aliphatic carbocycles. The maximum Gasteiger partial charge on any atom is 0.460 e. The fraction of sp³-hybridized carbons (Fsp3) is 0.562. The Morgan fingerprint density at radius 2 is 0.820 bits per heavy atom. The van der Waals surface area contributed by atoms with E-state index in [0.29, 0.717) is 44.5 Å². The third-order valence-corrected chi connectivity index (χ3v) is 7.77. The van der Waals surface area contributed by atoms with Crippen molar-refractivity contribution in [2.45, 2.75) is 105 Å². The number of hydrogen-bond donors (Lipinski definition) is 0. The molecule has 0 aliphatic heterocycles. The van der Waals surface area contributed by atoms with Gasteiger partial charge in [-0.1, -0.05) is 87.6 Å². The van der Waals surface area contributed by atoms with Crippen LogP contribution in [0.5, 0.6) is 5.75 Å². The maximum absolute atomic E-state index is 14.0. The normalized spacial score (nSPS) is 14.2. The number of hydrogen-bond acceptors (Lipinski definition) is 1. The first-order valence-corrected chi connectivity index (χ1v) is 14.9. The van der Waals surface area contributed by atoms with E-state index in [4.69, 9.17) is 4.74 Å². The summed E-state index contributed by atoms with van der Waals surface area (Å²) in [6, 6.07) is 16.7. The predicted molar refractivity (Wildman–Crippen MR) is 149 cm³/mol. The zero-order chi connectivity index (χ0) is 38.5. The van der Waals surface area contributed by atoms with E-state index in [1.165, 1.54) is 0 Å². The molecule has 0 atom stereocenters. The summed E-state index contributed by atoms with van der Waals surface area (Å²) in [7, 11) is 0. The predicted octanol–water partition coefficient (Wildman–Crippen LogP) is 12.6. The minimum Gasteiger partial charge on any atom is -0.494 e. The summed E-state index contributed by atoms with van der Waals surface area (Å²) in [5, 5.41) is 0. The third-order valence-electron chi connectivity index (χ3n) is 7.77. The van der Waals surface area contributed by atoms with Crippen LogP contribution in [0.4, 0.5) is 74.6 Å². The largest absolute Gasteiger partial charge is 0.494 e. The molecule has 284 valence electrons. The molecule has 2 rings (SSSR count). The van der Waals surface area contributed by atoms with Gasteiger partial charge in [-0.2, -0.15) is 74.6 Å². The van der Waals surface area contributed by atoms with Crippen LogP contribution in [0.25, 0.3) is 5.57 Å². The molecule has 0 bridgehead atoms. The van der Waals surface area contributed by atoms with E-state index in [0.717, 1.165) is 16.7 Å². The number of benzene rings is 2. The highest BCUT2D eigenvalue weighted by Crippen LogP contribution is 2.64. The van der Waals surface area contributed by atoms with Gasteiger partial charge in [0.15, 0.2) is 0 Å². The Morgan fingerprint density at radius 1 is 0.440 bits per heavy atom. The van der Waals surface area contributed by atoms with E-state index in [2.05, 4.69) is 6.58 Å². The fourth-order valence-corrected chi connectivity index (χ4v) is 4.61. The van der Waals surface area contributed by atoms with E-state index in [9.17, 15) is 74.6 Å². The molecule has 0 saturated heterocycles. The average Bonchev–Trinajstić information content (AvgIpc) is 3.02. The first kappa shape index (κ1) is 43.0. The van der Waals surface area contributed by atoms with Crippen LogP contribution in [0.15, 0.2) is 61.2 Å². The maximum atomic E-state index is 14.0. The van der Waals surface area contributed by atoms with Crippen molar-refractivity contribution in [1.82, 2.24) is 0 Å². The molecule has 18 heteroatoms. The summed E-state index contributed by atoms with van der Waals surface area (Å²) in [6.07, 6.45) is -8.94. The van der Waals surface area contributed by atoms with Crippen LogP contribution >= 0.6 is 0 Å². The molecule has 0 aliphatic rings. The minimum atomic E-state index is -8.60. The molecule has 0 unspecified atom stereocenters. The van der Waals surface area contributed by atoms with Crippen LogP contribution in [0.2, 0.25) is 0 Å². The number of ether oxygens (including phenoxy) is 1. The number of alkyl halides is 17. The van der Waals surface area contributed by atoms with Crippen LogP contribution in [0, 0.1) is 0 Å². The second-order valence-corrected chi connectivity index (χ2v) is 11.4. The quantitative estimate of drug-likeness (QED) is 0.0966. The number of rotatable bonds is 20. The second-order valence-electron chi connectivity index (χ2n) is 11.4. The molecule has 1 nitrogen and oxygen atoms in total. The molecular weight excluding hydrogens is 723 g/mol. The van der Waals surface area contributed by atoms with Gasteiger partial charge in [0.1, 0.15) is 5.75 Å². The van der Waals surface area contributed by atoms with Gasteiger partial charge in [0.25, 0.3) is 0 Å². The van der Waals surface area contributed by atoms with Gasteiger partial charge >= 0.3 is 47.6 Å². The van der Waals surface area contributed by atoms with Crippen molar-refractivity contribution in [1.29, 1.82) is 0 Å². The Labute approximate surface area is 275 Å². The Hall–Kier alpha value is -3.21. The van der Waals surface area contributed by atoms with Gasteiger partial charge < -0.3 is 4.74 Å². The van der Waals surface area contributed by atoms with Crippen LogP contribution in [0.1, 0.15) is 68.9 Å². The molecule has 0 radical (unpaired) electrons. The van der Waals surface area contributed by atoms with Crippen molar-refractivity contribution in [3.63, 3.8) is 0 Å². The molecule has 2 aromatic rings. The van der Waals surface area contributed by atoms with Crippen LogP contribution in [0.3, 0.4) is 0 Å². The number of unbranched alkanes of at least 4 members (excludes halogenated alkanes) is 7. The lowest BCUT2D eigenvalue weighted by Gasteiger charge is -2.42. The first-order chi connectivity index (χ1) is 22.7. The van der Waals surface area contributed by atoms with E-state index in [1.807, 2.05) is 42.5 Å². The van der Waals surface area contributed by atoms with E-state index in [-0.39, 0.29) is 6.42 Å². The molecule has 0 fully saturated rings. The summed E-state index contributed by atoms with van der Waals surface area (Å²) >= 11 is 0. The summed E-state index contributed by atoms with van der Waals surface area (Å²) in [5.41, 5.74) is 2.67. The molecule has 50 heavy (non-hydrogen) atoms. The van der Waals surface area contributed by atoms with Gasteiger partial charge in [-0.15, -0.1) is 0 Å². The van der Waals surface area contributed by atoms with Gasteiger partial charge in [-0.05, 0) is 41.7 Å². The fourth-order valence-electron chi connectivity index (χ4n) is 4.61. The summed E-state index contributed by atoms with van der Waals surface area (Å²) < 4.78 is 233. The molecule has 0 N–H and O–H groups in total. The van der Waals surface area contributed by atoms with E-state index < -0.39 is 66.9 Å². The molecular formula is C32H31F17O. The second kappa shape index (κ2) is 15.6. The van der Waals surface area contributed by atoms with Crippen molar-refractivity contribution >= 4 is 5.57 Å². The van der Waals surface area contributed by atoms with Crippen molar-refractivity contribution in [3.8, 4) is 5.75 Å². The van der Waals surface area contributed by atoms with Crippen LogP contribution in [-0.4, -0.2) is 54.2 Å². The monoisotopic (exact) mass is 754 g/mol. The highest BCUT2D eigenvalue weighted by molar-refractivity contribution is 5.78. The van der Waals surface area contributed by atoms with E-state index >= 15 is 0 Å². The van der Waals surface area contributed by atoms with E-state index in [1.54, 1.807) is 12.1 Å². The molecule has 2 aromatic carbocycles. The lowest BCUT2D eigenvalue weighted by molar-refractivity contribution is -0.461. The summed E-state index contributed by atoms with van der Waals surface area (Å²) in [6.45, 7) is 4.42. The van der Waals surface area contributed by atoms with Crippen molar-refractivity contribution in [3.05, 3.63) is 72.3 Å². The zero-order valence-electron chi connectivity index (χ0n) is 25.8. The minimum absolute atomic E-state index is 0.0299. The Bertz CT molecular complexity index is 1370. The highest BCUT2D eigenvalue weighted by Gasteiger charge is 2.95. The summed E-state index contributed by atoms with van der Waals surface area (Å²) in [5.74, 6) is -55.3. The Balaban J connectivity index is 1.79. The topological polar surface area (TPSA) is 9.23 Å². The van der Waals surface area contributed by atoms with Gasteiger partial charge in [-0.3, -0.25) is 0 Å². The van der Waals surface area contributed by atoms with Crippen molar-refractivity contribution in [2.24, 2.45) is 0 Å². The lowest BCUT2D eigenvalue weighted by atomic mass is 9.87. The first-order valence-electron chi connectivity index (χ1n) is 14.9. The SMILES string of the molecule is C=C(c1ccccc1)c1ccc(OCCCCCCCCCCC(F)(F)C(F)(F)C(F)(F)C(F)(F)C(F)(F)C(F)(F)C(F)(F)C(F)(F)F)cc1. The van der Waals surface area contributed by atoms with Crippen molar-refractivity contribution in [2.75, 3.05) is 6.61 Å². The van der Waals surface area contributed by atoms with Gasteiger partial charge in [0.05, 0.1) is 6.61 Å². The Kier molecular flexibility index (Phi) is 13.4. The highest BCUT2D eigenvalue weighted by atomic mass is 19.4. The van der Waals surface area contributed by atoms with Gasteiger partial charge in [0, 0.05) is 6.42 Å². The van der Waals surface area contributed by atoms with Crippen LogP contribution < -0.4 is 4.74 Å². The zero-order valence-corrected chi connectivity index (χ0v) is 25.8.